The minimum Gasteiger partial charge on any atom is -0.497 e. The van der Waals surface area contributed by atoms with Crippen LogP contribution in [0, 0.1) is 0 Å². The maximum absolute atomic E-state index is 8.45. The van der Waals surface area contributed by atoms with E-state index in [1.165, 1.54) is 0 Å². The van der Waals surface area contributed by atoms with Crippen LogP contribution in [0.25, 0.3) is 5.53 Å². The van der Waals surface area contributed by atoms with Crippen molar-refractivity contribution in [3.8, 4) is 0 Å². The smallest absolute Gasteiger partial charge is 0.435 e. The summed E-state index contributed by atoms with van der Waals surface area (Å²) in [6.07, 6.45) is 0. The monoisotopic (exact) mass is 144 g/mol. The largest absolute Gasteiger partial charge is 0.497 e. The molecule has 11 heavy (non-hydrogen) atoms. The van der Waals surface area contributed by atoms with Gasteiger partial charge in [-0.25, -0.2) is 0 Å². The normalized spacial score (nSPS) is 12.9. The van der Waals surface area contributed by atoms with E-state index in [2.05, 4.69) is 15.0 Å². The van der Waals surface area contributed by atoms with Crippen LogP contribution in [0.3, 0.4) is 0 Å². The first kappa shape index (κ1) is 5.95. The molecule has 0 saturated heterocycles. The van der Waals surface area contributed by atoms with E-state index in [0.29, 0.717) is 0 Å². The molecule has 1 aliphatic rings. The van der Waals surface area contributed by atoms with Gasteiger partial charge in [0, 0.05) is 0 Å². The molecule has 52 valence electrons. The average molecular weight is 144 g/mol. The minimum absolute atomic E-state index is 0.278. The van der Waals surface area contributed by atoms with Gasteiger partial charge in [0.25, 0.3) is 0 Å². The van der Waals surface area contributed by atoms with Crippen molar-refractivity contribution in [1.29, 1.82) is 0 Å². The fraction of sp³-hybridized carbons (Fsp3) is 0. The lowest BCUT2D eigenvalue weighted by atomic mass is 10.2. The van der Waals surface area contributed by atoms with Crippen LogP contribution in [0.5, 0.6) is 0 Å². The number of fused-ring (bicyclic) bond motifs is 1. The number of benzene rings is 1. The van der Waals surface area contributed by atoms with Crippen molar-refractivity contribution in [2.75, 3.05) is 0 Å². The van der Waals surface area contributed by atoms with Gasteiger partial charge in [0.15, 0.2) is 0 Å². The van der Waals surface area contributed by atoms with E-state index in [9.17, 15) is 0 Å². The average Bonchev–Trinajstić information content (AvgIpc) is 2.47. The third-order valence-corrected chi connectivity index (χ3v) is 1.49. The Morgan fingerprint density at radius 3 is 2.82 bits per heavy atom. The third-order valence-electron chi connectivity index (χ3n) is 1.49. The van der Waals surface area contributed by atoms with Crippen molar-refractivity contribution in [3.05, 3.63) is 35.4 Å². The van der Waals surface area contributed by atoms with Crippen molar-refractivity contribution >= 4 is 11.5 Å². The molecule has 0 bridgehead atoms. The topological polar surface area (TPSA) is 61.1 Å². The Balaban J connectivity index is 2.72. The summed E-state index contributed by atoms with van der Waals surface area (Å²) >= 11 is 0. The van der Waals surface area contributed by atoms with Gasteiger partial charge in [-0.1, -0.05) is 12.1 Å². The van der Waals surface area contributed by atoms with E-state index >= 15 is 0 Å². The standard InChI is InChI=1S/C7H4N4/c8-9-7-5-3-1-2-4-6(5)10-11-7/h1-4H. The van der Waals surface area contributed by atoms with Crippen LogP contribution in [0.4, 0.5) is 5.69 Å². The lowest BCUT2D eigenvalue weighted by molar-refractivity contribution is -0.00545. The van der Waals surface area contributed by atoms with Crippen molar-refractivity contribution in [3.63, 3.8) is 0 Å². The van der Waals surface area contributed by atoms with Crippen LogP contribution in [-0.2, 0) is 0 Å². The molecule has 1 aliphatic heterocycles. The van der Waals surface area contributed by atoms with Crippen LogP contribution >= 0.6 is 0 Å². The molecule has 0 unspecified atom stereocenters. The molecular weight excluding hydrogens is 140 g/mol. The Labute approximate surface area is 62.8 Å². The summed E-state index contributed by atoms with van der Waals surface area (Å²) in [5, 5.41) is 7.43. The second-order valence-corrected chi connectivity index (χ2v) is 2.14. The molecule has 4 heteroatoms. The van der Waals surface area contributed by atoms with Gasteiger partial charge in [-0.2, -0.15) is 0 Å². The molecule has 2 rings (SSSR count). The quantitative estimate of drug-likeness (QED) is 0.393. The highest BCUT2D eigenvalue weighted by Crippen LogP contribution is 2.24. The fourth-order valence-electron chi connectivity index (χ4n) is 0.979. The Bertz CT molecular complexity index is 374. The zero-order chi connectivity index (χ0) is 7.68. The zero-order valence-corrected chi connectivity index (χ0v) is 5.60. The molecule has 4 nitrogen and oxygen atoms in total. The van der Waals surface area contributed by atoms with Gasteiger partial charge in [0.2, 0.25) is 0 Å². The van der Waals surface area contributed by atoms with Crippen molar-refractivity contribution in [2.45, 2.75) is 0 Å². The molecule has 0 amide bonds. The van der Waals surface area contributed by atoms with E-state index in [0.717, 1.165) is 11.3 Å². The van der Waals surface area contributed by atoms with Gasteiger partial charge in [-0.3, -0.25) is 0 Å². The molecule has 0 N–H and O–H groups in total. The minimum atomic E-state index is 0.278. The molecule has 0 spiro atoms. The summed E-state index contributed by atoms with van der Waals surface area (Å²) < 4.78 is 0. The van der Waals surface area contributed by atoms with Gasteiger partial charge in [-0.05, 0) is 17.2 Å². The first-order valence-corrected chi connectivity index (χ1v) is 3.15. The number of hydrogen-bond donors (Lipinski definition) is 0. The molecule has 1 aromatic rings. The number of nitrogens with zero attached hydrogens (tertiary/aromatic N) is 4. The van der Waals surface area contributed by atoms with Crippen molar-refractivity contribution in [2.24, 2.45) is 10.2 Å². The highest BCUT2D eigenvalue weighted by atomic mass is 15.2. The summed E-state index contributed by atoms with van der Waals surface area (Å²) in [5.41, 5.74) is 9.97. The van der Waals surface area contributed by atoms with E-state index in [-0.39, 0.29) is 5.84 Å². The highest BCUT2D eigenvalue weighted by Gasteiger charge is 2.23. The van der Waals surface area contributed by atoms with E-state index in [1.54, 1.807) is 0 Å². The number of hydrogen-bond acceptors (Lipinski definition) is 1. The predicted molar refractivity (Wildman–Crippen MR) is 38.7 cm³/mol. The van der Waals surface area contributed by atoms with Crippen LogP contribution in [-0.4, -0.2) is 10.6 Å². The number of azo groups is 1. The lowest BCUT2D eigenvalue weighted by Gasteiger charge is -1.85. The van der Waals surface area contributed by atoms with Gasteiger partial charge in [0.05, 0.1) is 5.11 Å². The van der Waals surface area contributed by atoms with Crippen LogP contribution in [0.15, 0.2) is 34.5 Å². The summed E-state index contributed by atoms with van der Waals surface area (Å²) in [6, 6.07) is 7.33. The van der Waals surface area contributed by atoms with Crippen LogP contribution in [0.2, 0.25) is 0 Å². The summed E-state index contributed by atoms with van der Waals surface area (Å²) in [5.74, 6) is 0.278. The zero-order valence-electron chi connectivity index (χ0n) is 5.60. The van der Waals surface area contributed by atoms with Gasteiger partial charge in [0.1, 0.15) is 11.3 Å². The summed E-state index contributed by atoms with van der Waals surface area (Å²) in [7, 11) is 0. The highest BCUT2D eigenvalue weighted by molar-refractivity contribution is 6.01. The summed E-state index contributed by atoms with van der Waals surface area (Å²) in [6.45, 7) is 0. The number of amidine groups is 1. The molecule has 0 radical (unpaired) electrons. The SMILES string of the molecule is [N-]=[N+]=C1N=Nc2ccccc21. The molecule has 0 saturated carbocycles. The van der Waals surface area contributed by atoms with Crippen molar-refractivity contribution < 1.29 is 4.79 Å². The fourth-order valence-corrected chi connectivity index (χ4v) is 0.979. The first-order chi connectivity index (χ1) is 5.42. The Morgan fingerprint density at radius 2 is 2.00 bits per heavy atom. The maximum Gasteiger partial charge on any atom is 0.435 e. The molecule has 0 atom stereocenters. The molecule has 0 fully saturated rings. The lowest BCUT2D eigenvalue weighted by Crippen LogP contribution is -1.91. The van der Waals surface area contributed by atoms with Crippen LogP contribution in [0.1, 0.15) is 5.56 Å². The Morgan fingerprint density at radius 1 is 1.18 bits per heavy atom. The molecule has 1 heterocycles. The van der Waals surface area contributed by atoms with E-state index < -0.39 is 0 Å². The van der Waals surface area contributed by atoms with Gasteiger partial charge >= 0.3 is 5.84 Å². The second-order valence-electron chi connectivity index (χ2n) is 2.14. The molecule has 0 aromatic heterocycles. The van der Waals surface area contributed by atoms with E-state index in [1.807, 2.05) is 24.3 Å². The van der Waals surface area contributed by atoms with E-state index in [4.69, 9.17) is 5.53 Å². The predicted octanol–water partition coefficient (Wildman–Crippen LogP) is 1.76. The summed E-state index contributed by atoms with van der Waals surface area (Å²) in [4.78, 5) is 2.99. The number of rotatable bonds is 0. The van der Waals surface area contributed by atoms with Crippen molar-refractivity contribution in [1.82, 2.24) is 0 Å². The molecule has 0 aliphatic carbocycles. The second kappa shape index (κ2) is 2.11. The van der Waals surface area contributed by atoms with Gasteiger partial charge < -0.3 is 10.3 Å². The Kier molecular flexibility index (Phi) is 1.14. The molecule has 1 aromatic carbocycles. The van der Waals surface area contributed by atoms with Crippen LogP contribution < -0.4 is 0 Å². The molecular formula is C7H4N4. The first-order valence-electron chi connectivity index (χ1n) is 3.15. The Hall–Kier alpha value is -1.80. The third kappa shape index (κ3) is 0.772. The van der Waals surface area contributed by atoms with Gasteiger partial charge in [-0.15, -0.1) is 0 Å². The maximum atomic E-state index is 8.45.